The van der Waals surface area contributed by atoms with E-state index in [2.05, 4.69) is 59.4 Å². The van der Waals surface area contributed by atoms with Crippen LogP contribution in [-0.4, -0.2) is 66.4 Å². The third-order valence-electron chi connectivity index (χ3n) is 4.28. The van der Waals surface area contributed by atoms with Crippen LogP contribution in [0.1, 0.15) is 10.4 Å². The standard InChI is InChI=1S/C17H20N4S.H2O4S/c1-12-11-13-16(21-9-7-20(2)8-10-21)18-14-5-3-4-6-15(14)19-17(13)22-12;1-5(2,3)4/h3-6,11,19H,7-10H2,1-2H3;(H2,1,2,3,4)/p-1. The number of amidine groups is 1. The van der Waals surface area contributed by atoms with Crippen molar-refractivity contribution < 1.29 is 17.5 Å². The summed E-state index contributed by atoms with van der Waals surface area (Å²) >= 11 is 1.81. The summed E-state index contributed by atoms with van der Waals surface area (Å²) in [6.07, 6.45) is 0. The fourth-order valence-electron chi connectivity index (χ4n) is 3.01. The average Bonchev–Trinajstić information content (AvgIpc) is 2.86. The second-order valence-corrected chi connectivity index (χ2v) is 8.51. The van der Waals surface area contributed by atoms with Gasteiger partial charge in [0, 0.05) is 31.1 Å². The molecule has 146 valence electrons. The van der Waals surface area contributed by atoms with Crippen LogP contribution in [0.5, 0.6) is 0 Å². The van der Waals surface area contributed by atoms with Crippen LogP contribution in [0.4, 0.5) is 16.4 Å². The number of aliphatic imine (C=N–C) groups is 1. The maximum absolute atomic E-state index is 8.63. The Balaban J connectivity index is 0.000000376. The minimum atomic E-state index is -4.92. The molecule has 2 aromatic rings. The SMILES string of the molecule is Cc1cc2c(s1)Nc1ccccc1N=C2N1CCN(C)CC1.O=S(=O)([O-])O. The topological polar surface area (TPSA) is 108 Å². The third kappa shape index (κ3) is 5.27. The lowest BCUT2D eigenvalue weighted by atomic mass is 10.2. The van der Waals surface area contributed by atoms with Crippen molar-refractivity contribution in [1.29, 1.82) is 0 Å². The van der Waals surface area contributed by atoms with Crippen molar-refractivity contribution in [2.24, 2.45) is 4.99 Å². The molecule has 0 atom stereocenters. The lowest BCUT2D eigenvalue weighted by Gasteiger charge is -2.34. The second-order valence-electron chi connectivity index (χ2n) is 6.40. The molecule has 4 rings (SSSR count). The molecule has 2 aliphatic heterocycles. The number of hydrogen-bond acceptors (Lipinski definition) is 8. The van der Waals surface area contributed by atoms with Gasteiger partial charge in [-0.05, 0) is 32.2 Å². The number of aryl methyl sites for hydroxylation is 1. The molecule has 1 saturated heterocycles. The summed E-state index contributed by atoms with van der Waals surface area (Å²) in [5.41, 5.74) is 3.36. The largest absolute Gasteiger partial charge is 0.726 e. The number of nitrogens with zero attached hydrogens (tertiary/aromatic N) is 3. The van der Waals surface area contributed by atoms with Gasteiger partial charge < -0.3 is 19.7 Å². The molecule has 3 heterocycles. The Kier molecular flexibility index (Phi) is 5.82. The monoisotopic (exact) mass is 409 g/mol. The second kappa shape index (κ2) is 7.95. The number of fused-ring (bicyclic) bond motifs is 2. The van der Waals surface area contributed by atoms with Crippen molar-refractivity contribution in [3.63, 3.8) is 0 Å². The summed E-state index contributed by atoms with van der Waals surface area (Å²) in [6.45, 7) is 6.41. The van der Waals surface area contributed by atoms with E-state index in [1.807, 2.05) is 0 Å². The smallest absolute Gasteiger partial charge is 0.215 e. The number of anilines is 2. The highest BCUT2D eigenvalue weighted by Crippen LogP contribution is 2.39. The van der Waals surface area contributed by atoms with Crippen molar-refractivity contribution in [2.45, 2.75) is 6.92 Å². The first-order valence-corrected chi connectivity index (χ1v) is 10.6. The Bertz CT molecular complexity index is 940. The van der Waals surface area contributed by atoms with Crippen LogP contribution in [0.15, 0.2) is 35.3 Å². The lowest BCUT2D eigenvalue weighted by molar-refractivity contribution is 0.216. The Morgan fingerprint density at radius 1 is 1.22 bits per heavy atom. The zero-order valence-electron chi connectivity index (χ0n) is 15.0. The van der Waals surface area contributed by atoms with E-state index in [-0.39, 0.29) is 0 Å². The van der Waals surface area contributed by atoms with E-state index in [0.29, 0.717) is 0 Å². The van der Waals surface area contributed by atoms with E-state index >= 15 is 0 Å². The number of para-hydroxylation sites is 2. The van der Waals surface area contributed by atoms with Crippen molar-refractivity contribution in [1.82, 2.24) is 9.80 Å². The van der Waals surface area contributed by atoms with Gasteiger partial charge in [-0.1, -0.05) is 12.1 Å². The normalized spacial score (nSPS) is 16.9. The molecule has 0 radical (unpaired) electrons. The number of thiophene rings is 1. The summed E-state index contributed by atoms with van der Waals surface area (Å²) < 4.78 is 32.8. The van der Waals surface area contributed by atoms with Crippen LogP contribution in [0.25, 0.3) is 0 Å². The lowest BCUT2D eigenvalue weighted by Crippen LogP contribution is -2.47. The van der Waals surface area contributed by atoms with Crippen LogP contribution in [0.3, 0.4) is 0 Å². The summed E-state index contributed by atoms with van der Waals surface area (Å²) in [5.74, 6) is 1.12. The summed E-state index contributed by atoms with van der Waals surface area (Å²) in [5, 5.41) is 4.78. The number of hydrogen-bond donors (Lipinski definition) is 2. The Morgan fingerprint density at radius 3 is 2.52 bits per heavy atom. The molecule has 10 heteroatoms. The van der Waals surface area contributed by atoms with Gasteiger partial charge in [-0.15, -0.1) is 11.3 Å². The first-order chi connectivity index (χ1) is 12.7. The van der Waals surface area contributed by atoms with Gasteiger partial charge in [0.1, 0.15) is 10.8 Å². The summed E-state index contributed by atoms with van der Waals surface area (Å²) in [4.78, 5) is 11.1. The van der Waals surface area contributed by atoms with E-state index in [1.54, 1.807) is 11.3 Å². The van der Waals surface area contributed by atoms with Gasteiger partial charge in [0.05, 0.1) is 16.9 Å². The van der Waals surface area contributed by atoms with Crippen LogP contribution in [-0.2, 0) is 10.4 Å². The van der Waals surface area contributed by atoms with Crippen LogP contribution in [0.2, 0.25) is 0 Å². The summed E-state index contributed by atoms with van der Waals surface area (Å²) in [6, 6.07) is 10.6. The van der Waals surface area contributed by atoms with Crippen molar-refractivity contribution in [3.05, 3.63) is 40.8 Å². The van der Waals surface area contributed by atoms with Crippen LogP contribution in [0, 0.1) is 6.92 Å². The summed E-state index contributed by atoms with van der Waals surface area (Å²) in [7, 11) is -2.73. The number of nitrogens with one attached hydrogen (secondary N) is 1. The maximum Gasteiger partial charge on any atom is 0.215 e. The average molecular weight is 410 g/mol. The van der Waals surface area contributed by atoms with Gasteiger partial charge >= 0.3 is 0 Å². The van der Waals surface area contributed by atoms with E-state index in [9.17, 15) is 0 Å². The van der Waals surface area contributed by atoms with Gasteiger partial charge in [0.25, 0.3) is 0 Å². The first kappa shape index (κ1) is 19.8. The fourth-order valence-corrected chi connectivity index (χ4v) is 3.93. The van der Waals surface area contributed by atoms with Gasteiger partial charge in [-0.3, -0.25) is 4.55 Å². The van der Waals surface area contributed by atoms with Gasteiger partial charge in [0.15, 0.2) is 0 Å². The first-order valence-electron chi connectivity index (χ1n) is 8.38. The maximum atomic E-state index is 8.63. The van der Waals surface area contributed by atoms with Crippen molar-refractivity contribution in [3.8, 4) is 0 Å². The van der Waals surface area contributed by atoms with Gasteiger partial charge in [0.2, 0.25) is 10.4 Å². The van der Waals surface area contributed by atoms with Gasteiger partial charge in [-0.2, -0.15) is 0 Å². The molecule has 1 fully saturated rings. The predicted octanol–water partition coefficient (Wildman–Crippen LogP) is 2.44. The molecule has 2 aliphatic rings. The Morgan fingerprint density at radius 2 is 1.85 bits per heavy atom. The molecule has 2 N–H and O–H groups in total. The molecule has 1 aromatic carbocycles. The molecular weight excluding hydrogens is 388 g/mol. The molecule has 1 aromatic heterocycles. The minimum absolute atomic E-state index is 1.03. The molecule has 8 nitrogen and oxygen atoms in total. The number of benzene rings is 1. The zero-order chi connectivity index (χ0) is 19.6. The molecule has 0 saturated carbocycles. The number of likely N-dealkylation sites (N-methyl/N-ethyl adjacent to an activating group) is 1. The third-order valence-corrected chi connectivity index (χ3v) is 5.24. The van der Waals surface area contributed by atoms with E-state index < -0.39 is 10.4 Å². The van der Waals surface area contributed by atoms with Crippen LogP contribution < -0.4 is 5.32 Å². The minimum Gasteiger partial charge on any atom is -0.726 e. The Hall–Kier alpha value is -1.98. The van der Waals surface area contributed by atoms with E-state index in [1.165, 1.54) is 15.4 Å². The predicted molar refractivity (Wildman–Crippen MR) is 106 cm³/mol. The zero-order valence-corrected chi connectivity index (χ0v) is 16.7. The highest BCUT2D eigenvalue weighted by atomic mass is 32.3. The Labute approximate surface area is 162 Å². The van der Waals surface area contributed by atoms with Crippen LogP contribution >= 0.6 is 11.3 Å². The number of piperazine rings is 1. The van der Waals surface area contributed by atoms with Crippen molar-refractivity contribution in [2.75, 3.05) is 38.5 Å². The number of rotatable bonds is 0. The highest BCUT2D eigenvalue weighted by Gasteiger charge is 2.25. The van der Waals surface area contributed by atoms with Crippen molar-refractivity contribution >= 4 is 43.9 Å². The molecule has 0 bridgehead atoms. The molecule has 0 unspecified atom stereocenters. The highest BCUT2D eigenvalue weighted by molar-refractivity contribution is 7.79. The molecule has 0 spiro atoms. The van der Waals surface area contributed by atoms with E-state index in [4.69, 9.17) is 22.5 Å². The molecular formula is C17H21N4O4S2-. The molecule has 27 heavy (non-hydrogen) atoms. The molecule has 0 amide bonds. The van der Waals surface area contributed by atoms with Gasteiger partial charge in [-0.25, -0.2) is 13.4 Å². The fraction of sp³-hybridized carbons (Fsp3) is 0.353. The van der Waals surface area contributed by atoms with E-state index in [0.717, 1.165) is 43.4 Å². The quantitative estimate of drug-likeness (QED) is 0.508. The molecule has 0 aliphatic carbocycles.